The predicted molar refractivity (Wildman–Crippen MR) is 104 cm³/mol. The molecule has 0 radical (unpaired) electrons. The molecule has 0 unspecified atom stereocenters. The van der Waals surface area contributed by atoms with Gasteiger partial charge < -0.3 is 10.1 Å². The number of nitrogens with one attached hydrogen (secondary N) is 2. The van der Waals surface area contributed by atoms with Crippen LogP contribution in [0.2, 0.25) is 0 Å². The fourth-order valence-electron chi connectivity index (χ4n) is 3.55. The van der Waals surface area contributed by atoms with Crippen LogP contribution >= 0.6 is 0 Å². The zero-order valence-electron chi connectivity index (χ0n) is 14.5. The maximum atomic E-state index is 10.4. The topological polar surface area (TPSA) is 67.0 Å². The lowest BCUT2D eigenvalue weighted by Crippen LogP contribution is -2.05. The molecule has 0 spiro atoms. The molecule has 26 heavy (non-hydrogen) atoms. The Morgan fingerprint density at radius 3 is 2.73 bits per heavy atom. The molecule has 0 bridgehead atoms. The predicted octanol–water partition coefficient (Wildman–Crippen LogP) is 4.73. The van der Waals surface area contributed by atoms with E-state index in [9.17, 15) is 4.79 Å². The molecule has 1 aromatic heterocycles. The van der Waals surface area contributed by atoms with Gasteiger partial charge in [-0.25, -0.2) is 0 Å². The number of rotatable bonds is 6. The summed E-state index contributed by atoms with van der Waals surface area (Å²) in [6.45, 7) is 0.506. The number of allylic oxidation sites excluding steroid dienone is 2. The lowest BCUT2D eigenvalue weighted by Gasteiger charge is -2.13. The van der Waals surface area contributed by atoms with Gasteiger partial charge in [-0.1, -0.05) is 42.5 Å². The summed E-state index contributed by atoms with van der Waals surface area (Å²) >= 11 is 0. The summed E-state index contributed by atoms with van der Waals surface area (Å²) in [7, 11) is 0. The number of hydrogen-bond donors (Lipinski definition) is 2. The van der Waals surface area contributed by atoms with E-state index in [-0.39, 0.29) is 6.73 Å². The lowest BCUT2D eigenvalue weighted by molar-refractivity contribution is -0.127. The average molecular weight is 347 g/mol. The molecule has 1 aliphatic carbocycles. The molecule has 4 rings (SSSR count). The van der Waals surface area contributed by atoms with Crippen molar-refractivity contribution in [2.75, 3.05) is 12.0 Å². The van der Waals surface area contributed by atoms with Crippen LogP contribution in [-0.4, -0.2) is 23.4 Å². The maximum Gasteiger partial charge on any atom is 0.294 e. The Morgan fingerprint density at radius 2 is 1.96 bits per heavy atom. The second kappa shape index (κ2) is 7.44. The van der Waals surface area contributed by atoms with E-state index in [0.717, 1.165) is 22.0 Å². The van der Waals surface area contributed by atoms with Gasteiger partial charge in [-0.2, -0.15) is 5.10 Å². The van der Waals surface area contributed by atoms with E-state index in [0.29, 0.717) is 12.3 Å². The van der Waals surface area contributed by atoms with E-state index >= 15 is 0 Å². The second-order valence-corrected chi connectivity index (χ2v) is 6.44. The summed E-state index contributed by atoms with van der Waals surface area (Å²) in [6.07, 6.45) is 7.29. The Morgan fingerprint density at radius 1 is 1.12 bits per heavy atom. The molecular weight excluding hydrogens is 326 g/mol. The smallest absolute Gasteiger partial charge is 0.294 e. The number of aromatic nitrogens is 2. The molecule has 1 aliphatic rings. The molecule has 3 aromatic rings. The number of aromatic amines is 1. The Bertz CT molecular complexity index is 942. The van der Waals surface area contributed by atoms with Crippen molar-refractivity contribution in [3.63, 3.8) is 0 Å². The van der Waals surface area contributed by atoms with Gasteiger partial charge in [-0.05, 0) is 54.0 Å². The first kappa shape index (κ1) is 16.4. The molecule has 132 valence electrons. The quantitative estimate of drug-likeness (QED) is 0.384. The summed E-state index contributed by atoms with van der Waals surface area (Å²) in [6, 6.07) is 14.8. The third-order valence-electron chi connectivity index (χ3n) is 4.84. The molecule has 1 heterocycles. The van der Waals surface area contributed by atoms with Crippen LogP contribution < -0.4 is 5.32 Å². The van der Waals surface area contributed by atoms with Gasteiger partial charge in [0, 0.05) is 0 Å². The van der Waals surface area contributed by atoms with Gasteiger partial charge in [0.25, 0.3) is 6.47 Å². The average Bonchev–Trinajstić information content (AvgIpc) is 3.12. The number of anilines is 1. The number of carbonyl (C=O) groups excluding carboxylic acids is 1. The molecule has 0 aliphatic heterocycles. The summed E-state index contributed by atoms with van der Waals surface area (Å²) in [5, 5.41) is 11.4. The molecular formula is C21H21N3O2. The van der Waals surface area contributed by atoms with Crippen LogP contribution in [0.3, 0.4) is 0 Å². The van der Waals surface area contributed by atoms with Crippen LogP contribution in [-0.2, 0) is 9.53 Å². The highest BCUT2D eigenvalue weighted by Crippen LogP contribution is 2.34. The lowest BCUT2D eigenvalue weighted by atomic mass is 9.92. The molecule has 2 aromatic carbocycles. The molecule has 0 atom stereocenters. The largest absolute Gasteiger partial charge is 0.447 e. The monoisotopic (exact) mass is 347 g/mol. The minimum atomic E-state index is 0.0882. The van der Waals surface area contributed by atoms with Crippen molar-refractivity contribution in [2.45, 2.75) is 25.7 Å². The van der Waals surface area contributed by atoms with E-state index in [1.807, 2.05) is 12.1 Å². The van der Waals surface area contributed by atoms with E-state index < -0.39 is 0 Å². The summed E-state index contributed by atoms with van der Waals surface area (Å²) in [4.78, 5) is 10.4. The fourth-order valence-corrected chi connectivity index (χ4v) is 3.55. The number of nitrogens with zero attached hydrogens (tertiary/aromatic N) is 1. The minimum Gasteiger partial charge on any atom is -0.447 e. The molecule has 0 amide bonds. The molecule has 0 saturated heterocycles. The number of H-pyrrole nitrogens is 1. The fraction of sp³-hybridized carbons (Fsp3) is 0.238. The molecule has 5 nitrogen and oxygen atoms in total. The Balaban J connectivity index is 1.68. The first-order chi connectivity index (χ1) is 12.9. The summed E-state index contributed by atoms with van der Waals surface area (Å²) in [5.41, 5.74) is 5.93. The van der Waals surface area contributed by atoms with Crippen molar-refractivity contribution < 1.29 is 9.53 Å². The van der Waals surface area contributed by atoms with E-state index in [2.05, 4.69) is 51.9 Å². The number of fused-ring (bicyclic) bond motifs is 1. The van der Waals surface area contributed by atoms with E-state index in [4.69, 9.17) is 4.74 Å². The van der Waals surface area contributed by atoms with Gasteiger partial charge in [0.2, 0.25) is 0 Å². The van der Waals surface area contributed by atoms with Crippen LogP contribution in [0.4, 0.5) is 5.82 Å². The first-order valence-electron chi connectivity index (χ1n) is 8.93. The highest BCUT2D eigenvalue weighted by molar-refractivity contribution is 6.02. The van der Waals surface area contributed by atoms with Crippen LogP contribution in [0.5, 0.6) is 0 Å². The molecule has 0 saturated carbocycles. The molecule has 0 fully saturated rings. The number of carbonyl (C=O) groups is 1. The third kappa shape index (κ3) is 3.20. The molecule has 2 N–H and O–H groups in total. The van der Waals surface area contributed by atoms with Crippen molar-refractivity contribution in [3.05, 3.63) is 54.1 Å². The maximum absolute atomic E-state index is 10.4. The van der Waals surface area contributed by atoms with Crippen molar-refractivity contribution in [1.29, 1.82) is 0 Å². The Hall–Kier alpha value is -3.08. The number of ether oxygens (including phenoxy) is 1. The summed E-state index contributed by atoms with van der Waals surface area (Å²) < 4.78 is 4.73. The van der Waals surface area contributed by atoms with Gasteiger partial charge in [0.1, 0.15) is 0 Å². The normalized spacial score (nSPS) is 14.1. The van der Waals surface area contributed by atoms with Crippen molar-refractivity contribution in [1.82, 2.24) is 10.2 Å². The van der Waals surface area contributed by atoms with Gasteiger partial charge in [-0.15, -0.1) is 0 Å². The summed E-state index contributed by atoms with van der Waals surface area (Å²) in [5.74, 6) is 0.677. The van der Waals surface area contributed by atoms with Crippen LogP contribution in [0.1, 0.15) is 31.2 Å². The Kier molecular flexibility index (Phi) is 4.69. The van der Waals surface area contributed by atoms with Gasteiger partial charge in [-0.3, -0.25) is 9.89 Å². The van der Waals surface area contributed by atoms with Crippen molar-refractivity contribution in [3.8, 4) is 11.1 Å². The van der Waals surface area contributed by atoms with Gasteiger partial charge >= 0.3 is 0 Å². The standard InChI is InChI=1S/C21H21N3O2/c25-14-26-13-22-21-20-18(7-4-8-19(20)23-24-21)17-11-9-16(10-12-17)15-5-2-1-3-6-15/h4-5,7-12,14H,1-3,6,13H2,(H2,22,23,24). The highest BCUT2D eigenvalue weighted by Gasteiger charge is 2.12. The van der Waals surface area contributed by atoms with E-state index in [1.165, 1.54) is 36.8 Å². The zero-order valence-corrected chi connectivity index (χ0v) is 14.5. The van der Waals surface area contributed by atoms with Crippen LogP contribution in [0.15, 0.2) is 48.5 Å². The second-order valence-electron chi connectivity index (χ2n) is 6.44. The van der Waals surface area contributed by atoms with Crippen molar-refractivity contribution in [2.24, 2.45) is 0 Å². The minimum absolute atomic E-state index is 0.0882. The highest BCUT2D eigenvalue weighted by atomic mass is 16.5. The SMILES string of the molecule is O=COCNc1n[nH]c2cccc(-c3ccc(C4=CCCCC4)cc3)c12. The van der Waals surface area contributed by atoms with Crippen LogP contribution in [0.25, 0.3) is 27.6 Å². The van der Waals surface area contributed by atoms with Crippen LogP contribution in [0, 0.1) is 0 Å². The number of benzene rings is 2. The van der Waals surface area contributed by atoms with E-state index in [1.54, 1.807) is 0 Å². The van der Waals surface area contributed by atoms with Gasteiger partial charge in [0.15, 0.2) is 12.5 Å². The first-order valence-corrected chi connectivity index (χ1v) is 8.93. The zero-order chi connectivity index (χ0) is 17.8. The van der Waals surface area contributed by atoms with Gasteiger partial charge in [0.05, 0.1) is 10.9 Å². The van der Waals surface area contributed by atoms with Crippen molar-refractivity contribution >= 4 is 28.8 Å². The Labute approximate surface area is 152 Å². The third-order valence-corrected chi connectivity index (χ3v) is 4.84. The number of hydrogen-bond acceptors (Lipinski definition) is 4. The molecule has 5 heteroatoms.